The molecule has 1 unspecified atom stereocenters. The van der Waals surface area contributed by atoms with Gasteiger partial charge in [-0.2, -0.15) is 11.5 Å². The first-order valence-corrected chi connectivity index (χ1v) is 4.87. The fourth-order valence-electron chi connectivity index (χ4n) is 1.69. The third-order valence-electron chi connectivity index (χ3n) is 1.92. The second kappa shape index (κ2) is 5.05. The molecule has 3 heteroatoms. The monoisotopic (exact) mass is 175 g/mol. The van der Waals surface area contributed by atoms with Gasteiger partial charge in [0, 0.05) is 12.1 Å². The summed E-state index contributed by atoms with van der Waals surface area (Å²) < 4.78 is 0. The second-order valence-electron chi connectivity index (χ2n) is 3.64. The summed E-state index contributed by atoms with van der Waals surface area (Å²) in [4.78, 5) is 2.42. The Bertz CT molecular complexity index is 98.3. The van der Waals surface area contributed by atoms with Crippen molar-refractivity contribution in [3.63, 3.8) is 0 Å². The Labute approximate surface area is 76.3 Å². The average Bonchev–Trinajstić information content (AvgIpc) is 1.85. The molecule has 0 aliphatic carbocycles. The van der Waals surface area contributed by atoms with E-state index in [9.17, 15) is 0 Å². The minimum atomic E-state index is 0.483. The molecule has 0 heterocycles. The molecule has 0 aromatic heterocycles. The first kappa shape index (κ1) is 11.3. The molecule has 0 N–H and O–H groups in total. The van der Waals surface area contributed by atoms with Crippen LogP contribution in [-0.2, 0) is 0 Å². The molecule has 0 spiro atoms. The van der Waals surface area contributed by atoms with Crippen molar-refractivity contribution in [3.8, 4) is 0 Å². The maximum absolute atomic E-state index is 5.79. The standard InChI is InChI=1S/C8H19BClN/c1-6(2)11(7(3)4)8(5)9-10/h6-9H,1-5H3. The summed E-state index contributed by atoms with van der Waals surface area (Å²) in [5.41, 5.74) is 0. The number of nitrogens with zero attached hydrogens (tertiary/aromatic N) is 1. The molecule has 0 saturated carbocycles. The summed E-state index contributed by atoms with van der Waals surface area (Å²) in [6.07, 6.45) is 0. The van der Waals surface area contributed by atoms with Crippen molar-refractivity contribution < 1.29 is 0 Å². The fourth-order valence-corrected chi connectivity index (χ4v) is 1.85. The molecule has 0 saturated heterocycles. The van der Waals surface area contributed by atoms with Crippen LogP contribution in [0.2, 0.25) is 0 Å². The van der Waals surface area contributed by atoms with Gasteiger partial charge in [-0.1, -0.05) is 6.92 Å². The normalized spacial score (nSPS) is 14.6. The van der Waals surface area contributed by atoms with Crippen molar-refractivity contribution in [2.24, 2.45) is 0 Å². The molecule has 66 valence electrons. The quantitative estimate of drug-likeness (QED) is 0.591. The van der Waals surface area contributed by atoms with Crippen LogP contribution in [0.25, 0.3) is 0 Å². The summed E-state index contributed by atoms with van der Waals surface area (Å²) in [7, 11) is 0. The minimum Gasteiger partial charge on any atom is -0.302 e. The summed E-state index contributed by atoms with van der Waals surface area (Å²) in [6, 6.07) is 1.17. The van der Waals surface area contributed by atoms with E-state index in [1.54, 1.807) is 0 Å². The van der Waals surface area contributed by atoms with Crippen molar-refractivity contribution in [3.05, 3.63) is 0 Å². The molecule has 1 atom stereocenters. The Balaban J connectivity index is 4.09. The molecule has 0 aliphatic rings. The van der Waals surface area contributed by atoms with Crippen LogP contribution < -0.4 is 0 Å². The smallest absolute Gasteiger partial charge is 0.250 e. The van der Waals surface area contributed by atoms with Crippen LogP contribution in [0.1, 0.15) is 34.6 Å². The van der Waals surface area contributed by atoms with Crippen LogP contribution >= 0.6 is 11.5 Å². The molecule has 0 rings (SSSR count). The molecule has 0 aromatic carbocycles. The Kier molecular flexibility index (Phi) is 5.19. The van der Waals surface area contributed by atoms with E-state index < -0.39 is 0 Å². The fraction of sp³-hybridized carbons (Fsp3) is 1.00. The summed E-state index contributed by atoms with van der Waals surface area (Å²) in [6.45, 7) is 11.7. The largest absolute Gasteiger partial charge is 0.302 e. The molecular weight excluding hydrogens is 156 g/mol. The van der Waals surface area contributed by atoms with E-state index in [1.807, 2.05) is 0 Å². The number of halogens is 1. The van der Waals surface area contributed by atoms with E-state index in [2.05, 4.69) is 39.5 Å². The zero-order valence-electron chi connectivity index (χ0n) is 8.26. The van der Waals surface area contributed by atoms with Gasteiger partial charge >= 0.3 is 0 Å². The SMILES string of the molecule is CC(C)N(C(C)C)C(C)BCl. The van der Waals surface area contributed by atoms with Gasteiger partial charge < -0.3 is 4.90 Å². The topological polar surface area (TPSA) is 3.24 Å². The molecule has 0 bridgehead atoms. The van der Waals surface area contributed by atoms with Crippen LogP contribution in [-0.4, -0.2) is 29.6 Å². The van der Waals surface area contributed by atoms with Gasteiger partial charge in [-0.05, 0) is 33.6 Å². The van der Waals surface area contributed by atoms with Gasteiger partial charge in [0.25, 0.3) is 0 Å². The molecular formula is C8H19BClN. The number of hydrogen-bond acceptors (Lipinski definition) is 1. The summed E-state index contributed by atoms with van der Waals surface area (Å²) >= 11 is 5.79. The molecule has 11 heavy (non-hydrogen) atoms. The van der Waals surface area contributed by atoms with Crippen molar-refractivity contribution >= 4 is 18.2 Å². The zero-order valence-corrected chi connectivity index (χ0v) is 9.02. The Morgan fingerprint density at radius 2 is 1.36 bits per heavy atom. The van der Waals surface area contributed by atoms with E-state index in [-0.39, 0.29) is 0 Å². The van der Waals surface area contributed by atoms with Gasteiger partial charge in [-0.15, -0.1) is 0 Å². The highest BCUT2D eigenvalue weighted by molar-refractivity contribution is 6.94. The van der Waals surface area contributed by atoms with Crippen molar-refractivity contribution in [2.75, 3.05) is 0 Å². The highest BCUT2D eigenvalue weighted by Crippen LogP contribution is 2.10. The van der Waals surface area contributed by atoms with Crippen LogP contribution in [0.3, 0.4) is 0 Å². The predicted molar refractivity (Wildman–Crippen MR) is 54.6 cm³/mol. The molecule has 0 fully saturated rings. The van der Waals surface area contributed by atoms with Gasteiger partial charge in [0.1, 0.15) is 0 Å². The summed E-state index contributed by atoms with van der Waals surface area (Å²) in [5, 5.41) is 0. The minimum absolute atomic E-state index is 0.483. The van der Waals surface area contributed by atoms with Crippen LogP contribution in [0, 0.1) is 0 Å². The lowest BCUT2D eigenvalue weighted by molar-refractivity contribution is 0.163. The highest BCUT2D eigenvalue weighted by atomic mass is 35.5. The maximum Gasteiger partial charge on any atom is 0.250 e. The lowest BCUT2D eigenvalue weighted by Gasteiger charge is -2.35. The lowest BCUT2D eigenvalue weighted by atomic mass is 9.92. The first-order valence-electron chi connectivity index (χ1n) is 4.34. The zero-order chi connectivity index (χ0) is 9.02. The third-order valence-corrected chi connectivity index (χ3v) is 2.37. The maximum atomic E-state index is 5.79. The van der Waals surface area contributed by atoms with Gasteiger partial charge in [0.05, 0.1) is 0 Å². The van der Waals surface area contributed by atoms with E-state index in [1.165, 1.54) is 0 Å². The molecule has 0 amide bonds. The van der Waals surface area contributed by atoms with Crippen LogP contribution in [0.4, 0.5) is 0 Å². The van der Waals surface area contributed by atoms with E-state index >= 15 is 0 Å². The van der Waals surface area contributed by atoms with Gasteiger partial charge in [-0.3, -0.25) is 0 Å². The van der Waals surface area contributed by atoms with E-state index in [0.717, 1.165) is 6.69 Å². The molecule has 0 radical (unpaired) electrons. The Morgan fingerprint density at radius 1 is 1.00 bits per heavy atom. The third kappa shape index (κ3) is 3.48. The summed E-state index contributed by atoms with van der Waals surface area (Å²) in [5.74, 6) is 0.483. The Morgan fingerprint density at radius 3 is 1.45 bits per heavy atom. The highest BCUT2D eigenvalue weighted by Gasteiger charge is 2.19. The molecule has 0 aromatic rings. The van der Waals surface area contributed by atoms with Crippen molar-refractivity contribution in [1.82, 2.24) is 4.90 Å². The van der Waals surface area contributed by atoms with Gasteiger partial charge in [-0.25, -0.2) is 0 Å². The van der Waals surface area contributed by atoms with Crippen molar-refractivity contribution in [1.29, 1.82) is 0 Å². The molecule has 0 aliphatic heterocycles. The second-order valence-corrected chi connectivity index (χ2v) is 3.95. The molecule has 1 nitrogen and oxygen atoms in total. The predicted octanol–water partition coefficient (Wildman–Crippen LogP) is 2.04. The average molecular weight is 176 g/mol. The lowest BCUT2D eigenvalue weighted by Crippen LogP contribution is -2.45. The van der Waals surface area contributed by atoms with Crippen LogP contribution in [0.5, 0.6) is 0 Å². The number of rotatable bonds is 4. The van der Waals surface area contributed by atoms with E-state index in [4.69, 9.17) is 11.5 Å². The van der Waals surface area contributed by atoms with Crippen molar-refractivity contribution in [2.45, 2.75) is 52.6 Å². The van der Waals surface area contributed by atoms with E-state index in [0.29, 0.717) is 18.0 Å². The first-order chi connectivity index (χ1) is 5.00. The number of hydrogen-bond donors (Lipinski definition) is 0. The van der Waals surface area contributed by atoms with Gasteiger partial charge in [0.2, 0.25) is 6.69 Å². The Hall–Kier alpha value is 0.315. The van der Waals surface area contributed by atoms with Crippen LogP contribution in [0.15, 0.2) is 0 Å². The van der Waals surface area contributed by atoms with Gasteiger partial charge in [0.15, 0.2) is 0 Å².